The average Bonchev–Trinajstić information content (AvgIpc) is 2.26. The van der Waals surface area contributed by atoms with Gasteiger partial charge in [-0.1, -0.05) is 0 Å². The molecule has 5 nitrogen and oxygen atoms in total. The molecule has 0 aliphatic carbocycles. The van der Waals surface area contributed by atoms with Gasteiger partial charge in [0, 0.05) is 13.7 Å². The Bertz CT molecular complexity index is 226. The molecule has 0 bridgehead atoms. The van der Waals surface area contributed by atoms with Crippen molar-refractivity contribution in [2.45, 2.75) is 24.8 Å². The van der Waals surface area contributed by atoms with E-state index in [1.807, 2.05) is 0 Å². The van der Waals surface area contributed by atoms with Gasteiger partial charge in [-0.05, 0) is 6.42 Å². The molecule has 6 heteroatoms. The van der Waals surface area contributed by atoms with Crippen LogP contribution in [0, 0.1) is 0 Å². The zero-order chi connectivity index (χ0) is 11.4. The predicted molar refractivity (Wildman–Crippen MR) is 50.0 cm³/mol. The molecular formula is C9H16FNO4. The van der Waals surface area contributed by atoms with Crippen LogP contribution >= 0.6 is 0 Å². The Labute approximate surface area is 87.4 Å². The number of halogens is 1. The first-order valence-electron chi connectivity index (χ1n) is 4.84. The van der Waals surface area contributed by atoms with E-state index in [-0.39, 0.29) is 6.54 Å². The number of hydrogen-bond acceptors (Lipinski definition) is 4. The number of alkyl halides is 1. The monoisotopic (exact) mass is 221 g/mol. The molecule has 15 heavy (non-hydrogen) atoms. The standard InChI is InChI=1S/C9H16FNO4/c1-15-8-2-3-11(4-6(8)10)9(14)7(13)5-12/h6-8,12-13H,2-5H2,1H3/t6-,7?,8+/m1/s1. The number of aliphatic hydroxyl groups is 2. The van der Waals surface area contributed by atoms with Gasteiger partial charge < -0.3 is 19.8 Å². The maximum absolute atomic E-state index is 13.4. The largest absolute Gasteiger partial charge is 0.393 e. The van der Waals surface area contributed by atoms with Gasteiger partial charge in [0.15, 0.2) is 6.10 Å². The van der Waals surface area contributed by atoms with Crippen LogP contribution in [0.1, 0.15) is 6.42 Å². The second-order valence-corrected chi connectivity index (χ2v) is 3.56. The normalized spacial score (nSPS) is 28.9. The lowest BCUT2D eigenvalue weighted by atomic mass is 10.1. The summed E-state index contributed by atoms with van der Waals surface area (Å²) in [4.78, 5) is 12.6. The summed E-state index contributed by atoms with van der Waals surface area (Å²) in [7, 11) is 1.43. The van der Waals surface area contributed by atoms with Crippen molar-refractivity contribution in [1.82, 2.24) is 4.90 Å². The molecule has 0 aromatic heterocycles. The lowest BCUT2D eigenvalue weighted by molar-refractivity contribution is -0.147. The van der Waals surface area contributed by atoms with Gasteiger partial charge >= 0.3 is 0 Å². The van der Waals surface area contributed by atoms with Gasteiger partial charge in [-0.3, -0.25) is 4.79 Å². The van der Waals surface area contributed by atoms with E-state index >= 15 is 0 Å². The molecule has 1 heterocycles. The van der Waals surface area contributed by atoms with Crippen LogP contribution in [0.2, 0.25) is 0 Å². The minimum atomic E-state index is -1.45. The zero-order valence-corrected chi connectivity index (χ0v) is 8.60. The summed E-state index contributed by atoms with van der Waals surface area (Å²) in [5.41, 5.74) is 0. The molecule has 3 atom stereocenters. The summed E-state index contributed by atoms with van der Waals surface area (Å²) in [6.07, 6.45) is -2.77. The van der Waals surface area contributed by atoms with Crippen molar-refractivity contribution in [3.63, 3.8) is 0 Å². The van der Waals surface area contributed by atoms with Gasteiger partial charge in [0.25, 0.3) is 5.91 Å². The highest BCUT2D eigenvalue weighted by atomic mass is 19.1. The number of carbonyl (C=O) groups excluding carboxylic acids is 1. The molecule has 88 valence electrons. The van der Waals surface area contributed by atoms with E-state index in [2.05, 4.69) is 0 Å². The molecular weight excluding hydrogens is 205 g/mol. The lowest BCUT2D eigenvalue weighted by Gasteiger charge is -2.34. The highest BCUT2D eigenvalue weighted by molar-refractivity contribution is 5.80. The number of carbonyl (C=O) groups is 1. The Balaban J connectivity index is 2.50. The first kappa shape index (κ1) is 12.4. The Hall–Kier alpha value is -0.720. The first-order valence-corrected chi connectivity index (χ1v) is 4.84. The van der Waals surface area contributed by atoms with E-state index in [9.17, 15) is 9.18 Å². The molecule has 1 aliphatic rings. The van der Waals surface area contributed by atoms with Gasteiger partial charge in [-0.2, -0.15) is 0 Å². The van der Waals surface area contributed by atoms with Crippen LogP contribution in [0.25, 0.3) is 0 Å². The predicted octanol–water partition coefficient (Wildman–Crippen LogP) is -1.08. The average molecular weight is 221 g/mol. The highest BCUT2D eigenvalue weighted by Crippen LogP contribution is 2.17. The number of methoxy groups -OCH3 is 1. The number of rotatable bonds is 3. The molecule has 0 aromatic rings. The number of piperidine rings is 1. The molecule has 1 saturated heterocycles. The molecule has 2 N–H and O–H groups in total. The van der Waals surface area contributed by atoms with Crippen LogP contribution in [0.5, 0.6) is 0 Å². The Morgan fingerprint density at radius 2 is 2.40 bits per heavy atom. The first-order chi connectivity index (χ1) is 7.10. The van der Waals surface area contributed by atoms with Crippen LogP contribution in [0.15, 0.2) is 0 Å². The minimum absolute atomic E-state index is 0.0889. The zero-order valence-electron chi connectivity index (χ0n) is 8.60. The van der Waals surface area contributed by atoms with Gasteiger partial charge in [-0.15, -0.1) is 0 Å². The van der Waals surface area contributed by atoms with Crippen LogP contribution < -0.4 is 0 Å². The van der Waals surface area contributed by atoms with Gasteiger partial charge in [-0.25, -0.2) is 4.39 Å². The number of ether oxygens (including phenoxy) is 1. The van der Waals surface area contributed by atoms with Crippen molar-refractivity contribution in [2.24, 2.45) is 0 Å². The Kier molecular flexibility index (Phi) is 4.44. The second-order valence-electron chi connectivity index (χ2n) is 3.56. The quantitative estimate of drug-likeness (QED) is 0.636. The third-order valence-electron chi connectivity index (χ3n) is 2.55. The summed E-state index contributed by atoms with van der Waals surface area (Å²) < 4.78 is 18.3. The molecule has 1 unspecified atom stereocenters. The summed E-state index contributed by atoms with van der Waals surface area (Å²) in [5, 5.41) is 17.7. The van der Waals surface area contributed by atoms with Crippen LogP contribution in [-0.2, 0) is 9.53 Å². The fraction of sp³-hybridized carbons (Fsp3) is 0.889. The minimum Gasteiger partial charge on any atom is -0.393 e. The van der Waals surface area contributed by atoms with Gasteiger partial charge in [0.05, 0.1) is 19.3 Å². The molecule has 0 radical (unpaired) electrons. The van der Waals surface area contributed by atoms with Gasteiger partial charge in [0.1, 0.15) is 6.17 Å². The van der Waals surface area contributed by atoms with Crippen molar-refractivity contribution in [1.29, 1.82) is 0 Å². The van der Waals surface area contributed by atoms with E-state index in [0.717, 1.165) is 0 Å². The second kappa shape index (κ2) is 5.39. The molecule has 1 fully saturated rings. The molecule has 0 aromatic carbocycles. The smallest absolute Gasteiger partial charge is 0.253 e. The number of nitrogens with zero attached hydrogens (tertiary/aromatic N) is 1. The van der Waals surface area contributed by atoms with Crippen molar-refractivity contribution in [2.75, 3.05) is 26.8 Å². The van der Waals surface area contributed by atoms with E-state index in [1.54, 1.807) is 0 Å². The number of hydrogen-bond donors (Lipinski definition) is 2. The van der Waals surface area contributed by atoms with E-state index in [4.69, 9.17) is 14.9 Å². The molecule has 1 aliphatic heterocycles. The van der Waals surface area contributed by atoms with Gasteiger partial charge in [0.2, 0.25) is 0 Å². The molecule has 1 amide bonds. The van der Waals surface area contributed by atoms with Crippen molar-refractivity contribution in [3.05, 3.63) is 0 Å². The lowest BCUT2D eigenvalue weighted by Crippen LogP contribution is -2.51. The maximum atomic E-state index is 13.4. The Morgan fingerprint density at radius 3 is 2.87 bits per heavy atom. The van der Waals surface area contributed by atoms with Crippen LogP contribution in [0.3, 0.4) is 0 Å². The van der Waals surface area contributed by atoms with Crippen molar-refractivity contribution in [3.8, 4) is 0 Å². The fourth-order valence-electron chi connectivity index (χ4n) is 1.64. The third kappa shape index (κ3) is 2.87. The number of aliphatic hydroxyl groups excluding tert-OH is 2. The Morgan fingerprint density at radius 1 is 1.73 bits per heavy atom. The third-order valence-corrected chi connectivity index (χ3v) is 2.55. The van der Waals surface area contributed by atoms with E-state index < -0.39 is 30.9 Å². The van der Waals surface area contributed by atoms with Crippen LogP contribution in [-0.4, -0.2) is 66.2 Å². The molecule has 0 saturated carbocycles. The van der Waals surface area contributed by atoms with E-state index in [0.29, 0.717) is 13.0 Å². The fourth-order valence-corrected chi connectivity index (χ4v) is 1.64. The van der Waals surface area contributed by atoms with Crippen molar-refractivity contribution >= 4 is 5.91 Å². The molecule has 1 rings (SSSR count). The SMILES string of the molecule is CO[C@H]1CCN(C(=O)C(O)CO)C[C@H]1F. The maximum Gasteiger partial charge on any atom is 0.253 e. The number of likely N-dealkylation sites (tertiary alicyclic amines) is 1. The summed E-state index contributed by atoms with van der Waals surface area (Å²) in [6, 6.07) is 0. The summed E-state index contributed by atoms with van der Waals surface area (Å²) >= 11 is 0. The topological polar surface area (TPSA) is 70.0 Å². The highest BCUT2D eigenvalue weighted by Gasteiger charge is 2.33. The summed E-state index contributed by atoms with van der Waals surface area (Å²) in [5.74, 6) is -0.630. The van der Waals surface area contributed by atoms with E-state index in [1.165, 1.54) is 12.0 Å². The summed E-state index contributed by atoms with van der Waals surface area (Å²) in [6.45, 7) is -0.386. The number of amides is 1. The molecule has 0 spiro atoms. The van der Waals surface area contributed by atoms with Crippen LogP contribution in [0.4, 0.5) is 4.39 Å². The van der Waals surface area contributed by atoms with Crippen molar-refractivity contribution < 1.29 is 24.1 Å².